The van der Waals surface area contributed by atoms with Gasteiger partial charge in [-0.3, -0.25) is 4.98 Å². The standard InChI is InChI=1S/C38H51N5O4Si2/c1-38(2,3)49(8,9)47-24-31-36(42(41-40-31)25-48(5,6)7)29-22-33-34(39-23-29)30-16-15-28(37(44)45-4)21-32(30)43(33)35(26-13-11-10-12-14-26)27-17-19-46-20-18-27/h10-16,21-23,27,35H,17-20,24-25H2,1-9H3. The maximum absolute atomic E-state index is 12.8. The smallest absolute Gasteiger partial charge is 0.337 e. The summed E-state index contributed by atoms with van der Waals surface area (Å²) in [6.07, 6.45) is 4.66. The fraction of sp³-hybridized carbons (Fsp3) is 0.474. The van der Waals surface area contributed by atoms with Gasteiger partial charge in [0.1, 0.15) is 5.69 Å². The molecule has 0 N–H and O–H groups in total. The minimum Gasteiger partial charge on any atom is -0.465 e. The molecule has 0 radical (unpaired) electrons. The highest BCUT2D eigenvalue weighted by molar-refractivity contribution is 6.75. The van der Waals surface area contributed by atoms with E-state index in [9.17, 15) is 4.79 Å². The lowest BCUT2D eigenvalue weighted by Crippen LogP contribution is -2.40. The van der Waals surface area contributed by atoms with Crippen LogP contribution < -0.4 is 0 Å². The summed E-state index contributed by atoms with van der Waals surface area (Å²) in [5.74, 6) is -0.0320. The Hall–Kier alpha value is -3.65. The third kappa shape index (κ3) is 7.17. The van der Waals surface area contributed by atoms with Gasteiger partial charge >= 0.3 is 5.97 Å². The number of benzene rings is 2. The minimum absolute atomic E-state index is 0.00135. The van der Waals surface area contributed by atoms with Gasteiger partial charge in [-0.05, 0) is 66.7 Å². The highest BCUT2D eigenvalue weighted by Gasteiger charge is 2.38. The monoisotopic (exact) mass is 697 g/mol. The summed E-state index contributed by atoms with van der Waals surface area (Å²) >= 11 is 0. The van der Waals surface area contributed by atoms with Crippen LogP contribution in [0.25, 0.3) is 33.2 Å². The van der Waals surface area contributed by atoms with E-state index in [1.165, 1.54) is 12.7 Å². The minimum atomic E-state index is -2.05. The second-order valence-corrected chi connectivity index (χ2v) is 26.4. The van der Waals surface area contributed by atoms with Crippen molar-refractivity contribution in [2.24, 2.45) is 5.92 Å². The number of rotatable bonds is 10. The number of carbonyl (C=O) groups is 1. The molecule has 0 amide bonds. The second kappa shape index (κ2) is 13.6. The summed E-state index contributed by atoms with van der Waals surface area (Å²) in [7, 11) is -2.21. The third-order valence-electron chi connectivity index (χ3n) is 10.3. The molecular formula is C38H51N5O4Si2. The number of aromatic nitrogens is 5. The van der Waals surface area contributed by atoms with E-state index in [0.717, 1.165) is 71.1 Å². The first-order valence-electron chi connectivity index (χ1n) is 17.4. The number of carbonyl (C=O) groups excluding carboxylic acids is 1. The zero-order chi connectivity index (χ0) is 35.1. The van der Waals surface area contributed by atoms with Crippen molar-refractivity contribution in [3.63, 3.8) is 0 Å². The number of hydrogen-bond acceptors (Lipinski definition) is 7. The number of ether oxygens (including phenoxy) is 2. The average Bonchev–Trinajstić information content (AvgIpc) is 3.60. The van der Waals surface area contributed by atoms with Crippen molar-refractivity contribution < 1.29 is 18.7 Å². The Labute approximate surface area is 292 Å². The van der Waals surface area contributed by atoms with Gasteiger partial charge in [-0.2, -0.15) is 0 Å². The molecule has 2 aromatic carbocycles. The molecule has 3 aromatic heterocycles. The lowest BCUT2D eigenvalue weighted by Gasteiger charge is -2.36. The Kier molecular flexibility index (Phi) is 9.75. The molecule has 1 atom stereocenters. The van der Waals surface area contributed by atoms with Crippen LogP contribution in [-0.2, 0) is 26.7 Å². The molecule has 1 fully saturated rings. The molecule has 1 saturated heterocycles. The molecule has 260 valence electrons. The second-order valence-electron chi connectivity index (χ2n) is 16.1. The van der Waals surface area contributed by atoms with Crippen LogP contribution in [0.3, 0.4) is 0 Å². The summed E-state index contributed by atoms with van der Waals surface area (Å²) in [5.41, 5.74) is 7.35. The van der Waals surface area contributed by atoms with Crippen LogP contribution in [0.4, 0.5) is 0 Å². The summed E-state index contributed by atoms with van der Waals surface area (Å²) < 4.78 is 22.2. The summed E-state index contributed by atoms with van der Waals surface area (Å²) in [5, 5.41) is 10.5. The van der Waals surface area contributed by atoms with E-state index >= 15 is 0 Å². The number of nitrogens with zero attached hydrogens (tertiary/aromatic N) is 5. The third-order valence-corrected chi connectivity index (χ3v) is 16.0. The summed E-state index contributed by atoms with van der Waals surface area (Å²) in [6.45, 7) is 20.2. The number of fused-ring (bicyclic) bond motifs is 3. The Bertz CT molecular complexity index is 1950. The Morgan fingerprint density at radius 2 is 1.71 bits per heavy atom. The quantitative estimate of drug-likeness (QED) is 0.107. The molecule has 1 aliphatic rings. The van der Waals surface area contributed by atoms with Crippen LogP contribution in [0.15, 0.2) is 60.8 Å². The van der Waals surface area contributed by atoms with E-state index in [1.54, 1.807) is 0 Å². The molecule has 0 saturated carbocycles. The molecule has 0 bridgehead atoms. The van der Waals surface area contributed by atoms with Crippen LogP contribution in [0.1, 0.15) is 61.3 Å². The van der Waals surface area contributed by atoms with Crippen LogP contribution in [0.5, 0.6) is 0 Å². The van der Waals surface area contributed by atoms with Gasteiger partial charge in [-0.15, -0.1) is 5.10 Å². The van der Waals surface area contributed by atoms with Gasteiger partial charge in [-0.25, -0.2) is 9.48 Å². The number of pyridine rings is 1. The Balaban J connectivity index is 1.60. The maximum atomic E-state index is 12.8. The van der Waals surface area contributed by atoms with E-state index in [2.05, 4.69) is 99.2 Å². The molecule has 0 spiro atoms. The van der Waals surface area contributed by atoms with E-state index in [1.807, 2.05) is 24.4 Å². The molecule has 1 aliphatic heterocycles. The molecule has 0 aliphatic carbocycles. The molecule has 5 aromatic rings. The Morgan fingerprint density at radius 3 is 2.37 bits per heavy atom. The first-order chi connectivity index (χ1) is 23.2. The van der Waals surface area contributed by atoms with E-state index < -0.39 is 16.4 Å². The highest BCUT2D eigenvalue weighted by atomic mass is 28.4. The van der Waals surface area contributed by atoms with Crippen molar-refractivity contribution >= 4 is 44.3 Å². The normalized spacial score (nSPS) is 15.6. The molecule has 4 heterocycles. The highest BCUT2D eigenvalue weighted by Crippen LogP contribution is 2.42. The average molecular weight is 698 g/mol. The number of hydrogen-bond donors (Lipinski definition) is 0. The van der Waals surface area contributed by atoms with Crippen molar-refractivity contribution in [1.82, 2.24) is 24.5 Å². The van der Waals surface area contributed by atoms with Crippen LogP contribution in [0.2, 0.25) is 37.8 Å². The van der Waals surface area contributed by atoms with Crippen LogP contribution in [-0.4, -0.2) is 67.2 Å². The molecule has 1 unspecified atom stereocenters. The van der Waals surface area contributed by atoms with Gasteiger partial charge in [0.25, 0.3) is 0 Å². The fourth-order valence-corrected chi connectivity index (χ4v) is 8.73. The molecule has 11 heteroatoms. The van der Waals surface area contributed by atoms with Crippen molar-refractivity contribution in [1.29, 1.82) is 0 Å². The van der Waals surface area contributed by atoms with E-state index in [0.29, 0.717) is 18.1 Å². The molecule has 6 rings (SSSR count). The van der Waals surface area contributed by atoms with Crippen LogP contribution in [0, 0.1) is 5.92 Å². The van der Waals surface area contributed by atoms with Crippen molar-refractivity contribution in [2.75, 3.05) is 20.3 Å². The van der Waals surface area contributed by atoms with Crippen molar-refractivity contribution in [3.8, 4) is 11.3 Å². The first-order valence-corrected chi connectivity index (χ1v) is 24.0. The van der Waals surface area contributed by atoms with Gasteiger partial charge in [0.2, 0.25) is 0 Å². The Morgan fingerprint density at radius 1 is 1.00 bits per heavy atom. The van der Waals surface area contributed by atoms with Gasteiger partial charge in [0, 0.05) is 36.5 Å². The van der Waals surface area contributed by atoms with Gasteiger partial charge in [0.15, 0.2) is 8.32 Å². The zero-order valence-electron chi connectivity index (χ0n) is 30.5. The van der Waals surface area contributed by atoms with E-state index in [4.69, 9.17) is 29.2 Å². The van der Waals surface area contributed by atoms with Crippen molar-refractivity contribution in [2.45, 2.75) is 90.2 Å². The largest absolute Gasteiger partial charge is 0.465 e. The predicted octanol–water partition coefficient (Wildman–Crippen LogP) is 8.65. The van der Waals surface area contributed by atoms with E-state index in [-0.39, 0.29) is 17.0 Å². The number of methoxy groups -OCH3 is 1. The van der Waals surface area contributed by atoms with Gasteiger partial charge < -0.3 is 18.5 Å². The molecule has 49 heavy (non-hydrogen) atoms. The SMILES string of the molecule is COC(=O)c1ccc2c3ncc(-c4c(CO[Si](C)(C)C(C)(C)C)nnn4C[Si](C)(C)C)cc3n(C(c3ccccc3)C3CCOCC3)c2c1. The zero-order valence-corrected chi connectivity index (χ0v) is 32.5. The maximum Gasteiger partial charge on any atom is 0.337 e. The van der Waals surface area contributed by atoms with Crippen molar-refractivity contribution in [3.05, 3.63) is 77.6 Å². The van der Waals surface area contributed by atoms with Gasteiger partial charge in [0.05, 0.1) is 55.6 Å². The number of esters is 1. The fourth-order valence-electron chi connectivity index (χ4n) is 6.68. The topological polar surface area (TPSA) is 93.3 Å². The lowest BCUT2D eigenvalue weighted by molar-refractivity contribution is 0.0553. The lowest BCUT2D eigenvalue weighted by atomic mass is 9.86. The van der Waals surface area contributed by atoms with Gasteiger partial charge in [-0.1, -0.05) is 76.0 Å². The molecular weight excluding hydrogens is 647 g/mol. The molecule has 9 nitrogen and oxygen atoms in total. The first kappa shape index (κ1) is 35.2. The summed E-state index contributed by atoms with van der Waals surface area (Å²) in [6, 6.07) is 18.8. The summed E-state index contributed by atoms with van der Waals surface area (Å²) in [4.78, 5) is 18.0. The predicted molar refractivity (Wildman–Crippen MR) is 201 cm³/mol. The van der Waals surface area contributed by atoms with Crippen LogP contribution >= 0.6 is 0 Å².